The Morgan fingerprint density at radius 1 is 0.941 bits per heavy atom. The lowest BCUT2D eigenvalue weighted by molar-refractivity contribution is -0.132. The molecule has 1 fully saturated rings. The predicted octanol–water partition coefficient (Wildman–Crippen LogP) is 5.17. The highest BCUT2D eigenvalue weighted by molar-refractivity contribution is 6.51. The van der Waals surface area contributed by atoms with Crippen molar-refractivity contribution in [1.29, 1.82) is 0 Å². The van der Waals surface area contributed by atoms with Crippen LogP contribution in [0.1, 0.15) is 30.5 Å². The van der Waals surface area contributed by atoms with Crippen molar-refractivity contribution in [2.75, 3.05) is 30.5 Å². The molecule has 1 aliphatic rings. The summed E-state index contributed by atoms with van der Waals surface area (Å²) in [5.74, 6) is -0.911. The minimum absolute atomic E-state index is 0.0636. The fraction of sp³-hybridized carbons (Fsp3) is 0.214. The summed E-state index contributed by atoms with van der Waals surface area (Å²) < 4.78 is 5.62. The van der Waals surface area contributed by atoms with Crippen LogP contribution in [0, 0.1) is 0 Å². The second-order valence-electron chi connectivity index (χ2n) is 8.36. The number of nitrogens with zero attached hydrogens (tertiary/aromatic N) is 2. The lowest BCUT2D eigenvalue weighted by Crippen LogP contribution is -2.29. The van der Waals surface area contributed by atoms with Crippen LogP contribution in [0.4, 0.5) is 11.4 Å². The van der Waals surface area contributed by atoms with E-state index < -0.39 is 17.7 Å². The van der Waals surface area contributed by atoms with Gasteiger partial charge in [-0.15, -0.1) is 0 Å². The van der Waals surface area contributed by atoms with Gasteiger partial charge in [0.05, 0.1) is 18.2 Å². The molecule has 1 atom stereocenters. The number of carbonyl (C=O) groups is 2. The fourth-order valence-corrected chi connectivity index (χ4v) is 4.04. The Bertz CT molecular complexity index is 1200. The highest BCUT2D eigenvalue weighted by atomic mass is 16.5. The van der Waals surface area contributed by atoms with Gasteiger partial charge in [-0.2, -0.15) is 0 Å². The van der Waals surface area contributed by atoms with E-state index in [9.17, 15) is 14.7 Å². The Labute approximate surface area is 199 Å². The summed E-state index contributed by atoms with van der Waals surface area (Å²) in [6.45, 7) is 2.62. The predicted molar refractivity (Wildman–Crippen MR) is 134 cm³/mol. The van der Waals surface area contributed by atoms with Crippen molar-refractivity contribution in [3.8, 4) is 5.75 Å². The average molecular weight is 457 g/mol. The van der Waals surface area contributed by atoms with E-state index >= 15 is 0 Å². The Morgan fingerprint density at radius 2 is 1.59 bits per heavy atom. The first-order chi connectivity index (χ1) is 16.4. The summed E-state index contributed by atoms with van der Waals surface area (Å²) in [7, 11) is 3.89. The summed E-state index contributed by atoms with van der Waals surface area (Å²) in [5.41, 5.74) is 2.83. The minimum atomic E-state index is -0.755. The summed E-state index contributed by atoms with van der Waals surface area (Å²) in [5, 5.41) is 11.2. The van der Waals surface area contributed by atoms with Crippen molar-refractivity contribution in [3.63, 3.8) is 0 Å². The third-order valence-corrected chi connectivity index (χ3v) is 5.80. The zero-order chi connectivity index (χ0) is 24.2. The maximum absolute atomic E-state index is 13.2. The zero-order valence-electron chi connectivity index (χ0n) is 19.6. The zero-order valence-corrected chi connectivity index (χ0v) is 19.6. The van der Waals surface area contributed by atoms with Crippen LogP contribution >= 0.6 is 0 Å². The molecule has 1 unspecified atom stereocenters. The number of anilines is 2. The van der Waals surface area contributed by atoms with Gasteiger partial charge in [0.25, 0.3) is 11.7 Å². The molecular formula is C28H28N2O4. The first-order valence-electron chi connectivity index (χ1n) is 11.3. The number of ether oxygens (including phenoxy) is 1. The molecule has 6 heteroatoms. The van der Waals surface area contributed by atoms with E-state index in [0.717, 1.165) is 17.7 Å². The maximum atomic E-state index is 13.2. The quantitative estimate of drug-likeness (QED) is 0.302. The van der Waals surface area contributed by atoms with Gasteiger partial charge in [0.1, 0.15) is 11.5 Å². The molecule has 3 aromatic rings. The average Bonchev–Trinajstić information content (AvgIpc) is 3.13. The fourth-order valence-electron chi connectivity index (χ4n) is 4.04. The number of para-hydroxylation sites is 1. The molecule has 1 saturated heterocycles. The molecule has 6 nitrogen and oxygen atoms in total. The van der Waals surface area contributed by atoms with Crippen LogP contribution in [-0.2, 0) is 9.59 Å². The highest BCUT2D eigenvalue weighted by Gasteiger charge is 2.46. The largest absolute Gasteiger partial charge is 0.507 e. The van der Waals surface area contributed by atoms with Gasteiger partial charge in [-0.1, -0.05) is 37.3 Å². The molecule has 1 N–H and O–H groups in total. The van der Waals surface area contributed by atoms with Crippen molar-refractivity contribution < 1.29 is 19.4 Å². The van der Waals surface area contributed by atoms with E-state index in [1.54, 1.807) is 36.4 Å². The topological polar surface area (TPSA) is 70.1 Å². The third kappa shape index (κ3) is 4.39. The van der Waals surface area contributed by atoms with Crippen LogP contribution in [0.2, 0.25) is 0 Å². The second kappa shape index (κ2) is 9.83. The molecule has 3 aromatic carbocycles. The Kier molecular flexibility index (Phi) is 6.68. The van der Waals surface area contributed by atoms with Crippen LogP contribution in [-0.4, -0.2) is 37.5 Å². The van der Waals surface area contributed by atoms with E-state index in [4.69, 9.17) is 4.74 Å². The molecule has 0 saturated carbocycles. The molecule has 0 aliphatic carbocycles. The van der Waals surface area contributed by atoms with Gasteiger partial charge in [0, 0.05) is 31.0 Å². The lowest BCUT2D eigenvalue weighted by Gasteiger charge is -2.26. The van der Waals surface area contributed by atoms with E-state index in [2.05, 4.69) is 0 Å². The molecule has 0 spiro atoms. The number of hydrogen-bond donors (Lipinski definition) is 1. The molecule has 0 aromatic heterocycles. The molecular weight excluding hydrogens is 428 g/mol. The summed E-state index contributed by atoms with van der Waals surface area (Å²) in [6, 6.07) is 22.8. The van der Waals surface area contributed by atoms with Gasteiger partial charge in [0.2, 0.25) is 0 Å². The van der Waals surface area contributed by atoms with Crippen molar-refractivity contribution in [2.24, 2.45) is 0 Å². The number of aliphatic hydroxyl groups excluding tert-OH is 1. The van der Waals surface area contributed by atoms with Crippen molar-refractivity contribution in [3.05, 3.63) is 95.6 Å². The number of Topliss-reactive ketones (excluding diaryl/α,β-unsaturated/α-hetero) is 1. The number of benzene rings is 3. The van der Waals surface area contributed by atoms with Crippen molar-refractivity contribution in [1.82, 2.24) is 0 Å². The molecule has 34 heavy (non-hydrogen) atoms. The Balaban J connectivity index is 1.83. The van der Waals surface area contributed by atoms with Gasteiger partial charge in [-0.25, -0.2) is 0 Å². The number of rotatable bonds is 7. The summed E-state index contributed by atoms with van der Waals surface area (Å²) >= 11 is 0. The van der Waals surface area contributed by atoms with Crippen LogP contribution < -0.4 is 14.5 Å². The highest BCUT2D eigenvalue weighted by Crippen LogP contribution is 2.42. The summed E-state index contributed by atoms with van der Waals surface area (Å²) in [4.78, 5) is 29.8. The third-order valence-electron chi connectivity index (χ3n) is 5.80. The Morgan fingerprint density at radius 3 is 2.18 bits per heavy atom. The number of carbonyl (C=O) groups excluding carboxylic acids is 2. The first kappa shape index (κ1) is 23.1. The minimum Gasteiger partial charge on any atom is -0.507 e. The molecule has 1 amide bonds. The number of amides is 1. The summed E-state index contributed by atoms with van der Waals surface area (Å²) in [6.07, 6.45) is 0.886. The van der Waals surface area contributed by atoms with Crippen LogP contribution in [0.25, 0.3) is 5.76 Å². The molecule has 0 radical (unpaired) electrons. The molecule has 4 rings (SSSR count). The van der Waals surface area contributed by atoms with Crippen LogP contribution in [0.15, 0.2) is 84.4 Å². The number of hydrogen-bond acceptors (Lipinski definition) is 5. The van der Waals surface area contributed by atoms with Gasteiger partial charge >= 0.3 is 0 Å². The van der Waals surface area contributed by atoms with E-state index in [1.807, 2.05) is 68.4 Å². The van der Waals surface area contributed by atoms with E-state index in [-0.39, 0.29) is 11.3 Å². The van der Waals surface area contributed by atoms with Gasteiger partial charge in [0.15, 0.2) is 0 Å². The normalized spacial score (nSPS) is 17.1. The number of aliphatic hydroxyl groups is 1. The number of ketones is 1. The standard InChI is InChI=1S/C28H28N2O4/c1-4-18-34-23-16-12-20(13-17-23)26(31)24-25(19-10-14-21(15-11-19)29(2)3)30(28(33)27(24)32)22-8-6-5-7-9-22/h5-17,25,31H,4,18H2,1-3H3/b26-24-. The molecule has 0 bridgehead atoms. The van der Waals surface area contributed by atoms with Gasteiger partial charge in [-0.05, 0) is 60.5 Å². The molecule has 174 valence electrons. The van der Waals surface area contributed by atoms with Crippen LogP contribution in [0.5, 0.6) is 5.75 Å². The monoisotopic (exact) mass is 456 g/mol. The van der Waals surface area contributed by atoms with Gasteiger partial charge in [-0.3, -0.25) is 14.5 Å². The second-order valence-corrected chi connectivity index (χ2v) is 8.36. The Hall–Kier alpha value is -4.06. The maximum Gasteiger partial charge on any atom is 0.300 e. The van der Waals surface area contributed by atoms with Crippen molar-refractivity contribution >= 4 is 28.8 Å². The molecule has 1 aliphatic heterocycles. The SMILES string of the molecule is CCCOc1ccc(/C(O)=C2/C(=O)C(=O)N(c3ccccc3)C2c2ccc(N(C)C)cc2)cc1. The van der Waals surface area contributed by atoms with E-state index in [0.29, 0.717) is 23.6 Å². The van der Waals surface area contributed by atoms with Gasteiger partial charge < -0.3 is 14.7 Å². The first-order valence-corrected chi connectivity index (χ1v) is 11.3. The lowest BCUT2D eigenvalue weighted by atomic mass is 9.95. The van der Waals surface area contributed by atoms with E-state index in [1.165, 1.54) is 4.90 Å². The molecule has 1 heterocycles. The van der Waals surface area contributed by atoms with Crippen LogP contribution in [0.3, 0.4) is 0 Å². The van der Waals surface area contributed by atoms with Crippen molar-refractivity contribution in [2.45, 2.75) is 19.4 Å². The smallest absolute Gasteiger partial charge is 0.300 e.